The molecule has 0 aromatic heterocycles. The number of halogens is 3. The Balaban J connectivity index is 0.00000208. The molecule has 1 aliphatic carbocycles. The highest BCUT2D eigenvalue weighted by Crippen LogP contribution is 2.30. The van der Waals surface area contributed by atoms with Gasteiger partial charge in [-0.2, -0.15) is 0 Å². The van der Waals surface area contributed by atoms with Gasteiger partial charge in [-0.05, 0) is 42.7 Å². The van der Waals surface area contributed by atoms with E-state index in [1.165, 1.54) is 18.4 Å². The number of hydrogen-bond acceptors (Lipinski definition) is 3. The number of hydrogen-bond donors (Lipinski definition) is 1. The molecule has 2 aromatic carbocycles. The Morgan fingerprint density at radius 3 is 2.54 bits per heavy atom. The summed E-state index contributed by atoms with van der Waals surface area (Å²) in [6.07, 6.45) is 2.56. The van der Waals surface area contributed by atoms with Crippen LogP contribution in [-0.4, -0.2) is 13.2 Å². The number of ether oxygens (including phenoxy) is 2. The van der Waals surface area contributed by atoms with Crippen LogP contribution in [0.25, 0.3) is 0 Å². The molecule has 3 rings (SSSR count). The number of rotatable bonds is 7. The van der Waals surface area contributed by atoms with Gasteiger partial charge < -0.3 is 14.8 Å². The summed E-state index contributed by atoms with van der Waals surface area (Å²) in [5.41, 5.74) is 2.07. The molecular weight excluding hydrogens is 369 g/mol. The molecule has 1 aliphatic rings. The first-order chi connectivity index (χ1) is 11.2. The van der Waals surface area contributed by atoms with Gasteiger partial charge in [-0.25, -0.2) is 0 Å². The molecule has 0 atom stereocenters. The third-order valence-corrected chi connectivity index (χ3v) is 4.39. The van der Waals surface area contributed by atoms with Gasteiger partial charge in [0.25, 0.3) is 0 Å². The van der Waals surface area contributed by atoms with Gasteiger partial charge >= 0.3 is 0 Å². The van der Waals surface area contributed by atoms with Crippen molar-refractivity contribution in [2.75, 3.05) is 7.11 Å². The zero-order valence-corrected chi connectivity index (χ0v) is 15.7. The number of nitrogens with one attached hydrogen (secondary N) is 1. The van der Waals surface area contributed by atoms with Gasteiger partial charge in [0.2, 0.25) is 0 Å². The van der Waals surface area contributed by atoms with Gasteiger partial charge in [0, 0.05) is 28.2 Å². The van der Waals surface area contributed by atoms with Crippen LogP contribution in [-0.2, 0) is 13.2 Å². The van der Waals surface area contributed by atoms with E-state index in [0.717, 1.165) is 17.9 Å². The van der Waals surface area contributed by atoms with E-state index in [2.05, 4.69) is 11.4 Å². The van der Waals surface area contributed by atoms with E-state index in [1.807, 2.05) is 18.2 Å². The molecule has 0 unspecified atom stereocenters. The molecule has 0 amide bonds. The van der Waals surface area contributed by atoms with E-state index < -0.39 is 0 Å². The molecule has 0 heterocycles. The maximum Gasteiger partial charge on any atom is 0.161 e. The van der Waals surface area contributed by atoms with Crippen molar-refractivity contribution >= 4 is 35.6 Å². The highest BCUT2D eigenvalue weighted by molar-refractivity contribution is 6.35. The minimum Gasteiger partial charge on any atom is -0.493 e. The maximum atomic E-state index is 6.17. The van der Waals surface area contributed by atoms with Crippen LogP contribution >= 0.6 is 35.6 Å². The van der Waals surface area contributed by atoms with Gasteiger partial charge in [-0.3, -0.25) is 0 Å². The second-order valence-corrected chi connectivity index (χ2v) is 6.51. The zero-order chi connectivity index (χ0) is 16.2. The van der Waals surface area contributed by atoms with Gasteiger partial charge in [-0.1, -0.05) is 35.3 Å². The summed E-state index contributed by atoms with van der Waals surface area (Å²) < 4.78 is 11.3. The summed E-state index contributed by atoms with van der Waals surface area (Å²) in [5, 5.41) is 4.70. The normalized spacial score (nSPS) is 13.3. The fraction of sp³-hybridized carbons (Fsp3) is 0.333. The van der Waals surface area contributed by atoms with Crippen LogP contribution in [0.4, 0.5) is 0 Å². The third-order valence-electron chi connectivity index (χ3n) is 3.80. The van der Waals surface area contributed by atoms with Crippen LogP contribution in [0.5, 0.6) is 11.5 Å². The van der Waals surface area contributed by atoms with Gasteiger partial charge in [0.05, 0.1) is 7.11 Å². The standard InChI is InChI=1S/C18H19Cl2NO2.ClH/c1-22-18-8-12(10-21-15-5-6-15)2-7-17(18)23-11-13-3-4-14(19)9-16(13)20;/h2-4,7-9,15,21H,5-6,10-11H2,1H3;1H. The minimum absolute atomic E-state index is 0. The molecule has 0 bridgehead atoms. The van der Waals surface area contributed by atoms with Crippen molar-refractivity contribution < 1.29 is 9.47 Å². The first kappa shape index (κ1) is 19.2. The van der Waals surface area contributed by atoms with E-state index >= 15 is 0 Å². The Bertz CT molecular complexity index is 690. The molecule has 0 spiro atoms. The predicted octanol–water partition coefficient (Wildman–Crippen LogP) is 5.25. The van der Waals surface area contributed by atoms with Crippen molar-refractivity contribution in [3.8, 4) is 11.5 Å². The SMILES string of the molecule is COc1cc(CNC2CC2)ccc1OCc1ccc(Cl)cc1Cl.Cl. The molecule has 1 N–H and O–H groups in total. The molecule has 1 saturated carbocycles. The second kappa shape index (κ2) is 8.82. The quantitative estimate of drug-likeness (QED) is 0.702. The average Bonchev–Trinajstić information content (AvgIpc) is 3.37. The van der Waals surface area contributed by atoms with Crippen molar-refractivity contribution in [1.82, 2.24) is 5.32 Å². The zero-order valence-electron chi connectivity index (χ0n) is 13.4. The van der Waals surface area contributed by atoms with Crippen LogP contribution in [0.3, 0.4) is 0 Å². The Morgan fingerprint density at radius 2 is 1.88 bits per heavy atom. The lowest BCUT2D eigenvalue weighted by Gasteiger charge is -2.13. The van der Waals surface area contributed by atoms with E-state index in [4.69, 9.17) is 32.7 Å². The molecule has 1 fully saturated rings. The van der Waals surface area contributed by atoms with E-state index in [1.54, 1.807) is 19.2 Å². The highest BCUT2D eigenvalue weighted by atomic mass is 35.5. The van der Waals surface area contributed by atoms with Gasteiger partial charge in [0.15, 0.2) is 11.5 Å². The smallest absolute Gasteiger partial charge is 0.161 e. The predicted molar refractivity (Wildman–Crippen MR) is 101 cm³/mol. The first-order valence-corrected chi connectivity index (χ1v) is 8.38. The summed E-state index contributed by atoms with van der Waals surface area (Å²) in [5.74, 6) is 1.43. The van der Waals surface area contributed by atoms with Crippen molar-refractivity contribution in [1.29, 1.82) is 0 Å². The van der Waals surface area contributed by atoms with E-state index in [0.29, 0.717) is 28.4 Å². The molecule has 130 valence electrons. The Kier molecular flexibility index (Phi) is 7.05. The van der Waals surface area contributed by atoms with Crippen molar-refractivity contribution in [2.24, 2.45) is 0 Å². The number of benzene rings is 2. The van der Waals surface area contributed by atoms with E-state index in [9.17, 15) is 0 Å². The molecule has 0 radical (unpaired) electrons. The van der Waals surface area contributed by atoms with Crippen molar-refractivity contribution in [3.63, 3.8) is 0 Å². The Labute approximate surface area is 158 Å². The number of methoxy groups -OCH3 is 1. The van der Waals surface area contributed by atoms with Crippen molar-refractivity contribution in [2.45, 2.75) is 32.0 Å². The average molecular weight is 389 g/mol. The molecule has 0 aliphatic heterocycles. The lowest BCUT2D eigenvalue weighted by Crippen LogP contribution is -2.15. The molecule has 6 heteroatoms. The Hall–Kier alpha value is -1.13. The fourth-order valence-corrected chi connectivity index (χ4v) is 2.75. The van der Waals surface area contributed by atoms with Crippen LogP contribution < -0.4 is 14.8 Å². The summed E-state index contributed by atoms with van der Waals surface area (Å²) in [4.78, 5) is 0. The summed E-state index contributed by atoms with van der Waals surface area (Å²) in [7, 11) is 1.65. The molecule has 24 heavy (non-hydrogen) atoms. The van der Waals surface area contributed by atoms with Gasteiger partial charge in [0.1, 0.15) is 6.61 Å². The monoisotopic (exact) mass is 387 g/mol. The largest absolute Gasteiger partial charge is 0.493 e. The second-order valence-electron chi connectivity index (χ2n) is 5.66. The minimum atomic E-state index is 0. The van der Waals surface area contributed by atoms with Crippen LogP contribution in [0, 0.1) is 0 Å². The maximum absolute atomic E-state index is 6.17. The van der Waals surface area contributed by atoms with E-state index in [-0.39, 0.29) is 12.4 Å². The van der Waals surface area contributed by atoms with Crippen LogP contribution in [0.1, 0.15) is 24.0 Å². The molecule has 2 aromatic rings. The summed E-state index contributed by atoms with van der Waals surface area (Å²) in [6, 6.07) is 12.1. The Morgan fingerprint density at radius 1 is 1.08 bits per heavy atom. The summed E-state index contributed by atoms with van der Waals surface area (Å²) in [6.45, 7) is 1.22. The fourth-order valence-electron chi connectivity index (χ4n) is 2.29. The topological polar surface area (TPSA) is 30.5 Å². The van der Waals surface area contributed by atoms with Gasteiger partial charge in [-0.15, -0.1) is 12.4 Å². The highest BCUT2D eigenvalue weighted by Gasteiger charge is 2.20. The summed E-state index contributed by atoms with van der Waals surface area (Å²) >= 11 is 12.1. The lowest BCUT2D eigenvalue weighted by molar-refractivity contribution is 0.284. The third kappa shape index (κ3) is 5.18. The first-order valence-electron chi connectivity index (χ1n) is 7.63. The van der Waals surface area contributed by atoms with Crippen LogP contribution in [0.15, 0.2) is 36.4 Å². The van der Waals surface area contributed by atoms with Crippen molar-refractivity contribution in [3.05, 3.63) is 57.6 Å². The lowest BCUT2D eigenvalue weighted by atomic mass is 10.2. The molecular formula is C18H20Cl3NO2. The molecule has 0 saturated heterocycles. The van der Waals surface area contributed by atoms with Crippen LogP contribution in [0.2, 0.25) is 10.0 Å². The molecule has 3 nitrogen and oxygen atoms in total.